The molecule has 1 rings (SSSR count). The Morgan fingerprint density at radius 1 is 1.32 bits per heavy atom. The average molecular weight is 275 g/mol. The van der Waals surface area contributed by atoms with E-state index in [9.17, 15) is 18.0 Å². The van der Waals surface area contributed by atoms with Crippen LogP contribution < -0.4 is 10.1 Å². The Kier molecular flexibility index (Phi) is 5.20. The Morgan fingerprint density at radius 3 is 2.42 bits per heavy atom. The van der Waals surface area contributed by atoms with Crippen molar-refractivity contribution in [3.8, 4) is 5.75 Å². The summed E-state index contributed by atoms with van der Waals surface area (Å²) in [6.07, 6.45) is -5.95. The van der Waals surface area contributed by atoms with Gasteiger partial charge in [0.1, 0.15) is 18.8 Å². The van der Waals surface area contributed by atoms with Gasteiger partial charge in [0.15, 0.2) is 0 Å². The van der Waals surface area contributed by atoms with Gasteiger partial charge in [0.05, 0.1) is 6.04 Å². The van der Waals surface area contributed by atoms with Crippen molar-refractivity contribution in [3.63, 3.8) is 0 Å². The first kappa shape index (κ1) is 15.3. The maximum atomic E-state index is 12.0. The maximum absolute atomic E-state index is 12.0. The molecule has 1 amide bonds. The first-order valence-corrected chi connectivity index (χ1v) is 5.82. The second-order valence-corrected chi connectivity index (χ2v) is 4.38. The highest BCUT2D eigenvalue weighted by atomic mass is 19.4. The maximum Gasteiger partial charge on any atom is 0.397 e. The molecule has 0 aliphatic carbocycles. The van der Waals surface area contributed by atoms with Crippen molar-refractivity contribution in [2.45, 2.75) is 32.5 Å². The summed E-state index contributed by atoms with van der Waals surface area (Å²) in [5.74, 6) is -0.435. The van der Waals surface area contributed by atoms with E-state index in [1.165, 1.54) is 0 Å². The molecule has 0 aliphatic heterocycles. The van der Waals surface area contributed by atoms with Crippen LogP contribution in [0, 0.1) is 6.92 Å². The van der Waals surface area contributed by atoms with Crippen molar-refractivity contribution < 1.29 is 22.7 Å². The lowest BCUT2D eigenvalue weighted by molar-refractivity contribution is -0.154. The SMILES string of the molecule is Cc1ccc(OCC(C)NC(=O)CC(F)(F)F)cc1. The quantitative estimate of drug-likeness (QED) is 0.897. The number of carbonyl (C=O) groups is 1. The van der Waals surface area contributed by atoms with Crippen LogP contribution >= 0.6 is 0 Å². The number of hydrogen-bond donors (Lipinski definition) is 1. The third-order valence-corrected chi connectivity index (χ3v) is 2.29. The number of carbonyl (C=O) groups excluding carboxylic acids is 1. The highest BCUT2D eigenvalue weighted by molar-refractivity contribution is 5.76. The van der Waals surface area contributed by atoms with Crippen LogP contribution in [0.15, 0.2) is 24.3 Å². The lowest BCUT2D eigenvalue weighted by atomic mass is 10.2. The molecule has 0 radical (unpaired) electrons. The van der Waals surface area contributed by atoms with Gasteiger partial charge in [-0.1, -0.05) is 17.7 Å². The number of nitrogens with one attached hydrogen (secondary N) is 1. The van der Waals surface area contributed by atoms with E-state index in [1.54, 1.807) is 19.1 Å². The fourth-order valence-corrected chi connectivity index (χ4v) is 1.41. The molecule has 1 aromatic carbocycles. The van der Waals surface area contributed by atoms with E-state index >= 15 is 0 Å². The Balaban J connectivity index is 2.33. The van der Waals surface area contributed by atoms with Crippen LogP contribution in [0.1, 0.15) is 18.9 Å². The summed E-state index contributed by atoms with van der Waals surface area (Å²) in [5, 5.41) is 2.23. The number of hydrogen-bond acceptors (Lipinski definition) is 2. The van der Waals surface area contributed by atoms with Crippen molar-refractivity contribution in [1.82, 2.24) is 5.32 Å². The van der Waals surface area contributed by atoms with Gasteiger partial charge in [0, 0.05) is 0 Å². The largest absolute Gasteiger partial charge is 0.491 e. The first-order chi connectivity index (χ1) is 8.76. The molecular weight excluding hydrogens is 259 g/mol. The standard InChI is InChI=1S/C13H16F3NO2/c1-9-3-5-11(6-4-9)19-8-10(2)17-12(18)7-13(14,15)16/h3-6,10H,7-8H2,1-2H3,(H,17,18). The number of ether oxygens (including phenoxy) is 1. The Hall–Kier alpha value is -1.72. The topological polar surface area (TPSA) is 38.3 Å². The summed E-state index contributed by atoms with van der Waals surface area (Å²) in [7, 11) is 0. The Bertz CT molecular complexity index is 415. The molecule has 0 heterocycles. The number of alkyl halides is 3. The highest BCUT2D eigenvalue weighted by Gasteiger charge is 2.31. The molecular formula is C13H16F3NO2. The molecule has 1 unspecified atom stereocenters. The fourth-order valence-electron chi connectivity index (χ4n) is 1.41. The van der Waals surface area contributed by atoms with E-state index in [4.69, 9.17) is 4.74 Å². The van der Waals surface area contributed by atoms with Gasteiger partial charge in [-0.15, -0.1) is 0 Å². The van der Waals surface area contributed by atoms with Crippen molar-refractivity contribution in [2.75, 3.05) is 6.61 Å². The van der Waals surface area contributed by atoms with E-state index in [0.29, 0.717) is 5.75 Å². The molecule has 0 aromatic heterocycles. The van der Waals surface area contributed by atoms with E-state index in [2.05, 4.69) is 5.32 Å². The predicted octanol–water partition coefficient (Wildman–Crippen LogP) is 2.83. The number of aryl methyl sites for hydroxylation is 1. The molecule has 0 saturated heterocycles. The molecule has 0 spiro atoms. The van der Waals surface area contributed by atoms with E-state index in [0.717, 1.165) is 5.56 Å². The Morgan fingerprint density at radius 2 is 1.89 bits per heavy atom. The van der Waals surface area contributed by atoms with Crippen LogP contribution in [-0.4, -0.2) is 24.7 Å². The van der Waals surface area contributed by atoms with Gasteiger partial charge in [0.25, 0.3) is 0 Å². The molecule has 1 atom stereocenters. The minimum Gasteiger partial charge on any atom is -0.491 e. The van der Waals surface area contributed by atoms with Crippen LogP contribution in [0.4, 0.5) is 13.2 Å². The molecule has 0 bridgehead atoms. The minimum absolute atomic E-state index is 0.118. The van der Waals surface area contributed by atoms with Crippen molar-refractivity contribution in [3.05, 3.63) is 29.8 Å². The molecule has 0 saturated carbocycles. The monoisotopic (exact) mass is 275 g/mol. The van der Waals surface area contributed by atoms with Crippen LogP contribution in [-0.2, 0) is 4.79 Å². The van der Waals surface area contributed by atoms with E-state index in [-0.39, 0.29) is 6.61 Å². The van der Waals surface area contributed by atoms with Crippen molar-refractivity contribution in [1.29, 1.82) is 0 Å². The fraction of sp³-hybridized carbons (Fsp3) is 0.462. The van der Waals surface area contributed by atoms with Gasteiger partial charge >= 0.3 is 6.18 Å². The smallest absolute Gasteiger partial charge is 0.397 e. The lowest BCUT2D eigenvalue weighted by Gasteiger charge is -2.15. The Labute approximate surface area is 109 Å². The van der Waals surface area contributed by atoms with Gasteiger partial charge in [-0.05, 0) is 26.0 Å². The van der Waals surface area contributed by atoms with Crippen molar-refractivity contribution >= 4 is 5.91 Å². The molecule has 0 aliphatic rings. The number of benzene rings is 1. The van der Waals surface area contributed by atoms with E-state index in [1.807, 2.05) is 19.1 Å². The zero-order valence-electron chi connectivity index (χ0n) is 10.8. The number of rotatable bonds is 5. The average Bonchev–Trinajstić information content (AvgIpc) is 2.25. The molecule has 0 fully saturated rings. The van der Waals surface area contributed by atoms with Gasteiger partial charge in [-0.25, -0.2) is 0 Å². The minimum atomic E-state index is -4.48. The first-order valence-electron chi connectivity index (χ1n) is 5.82. The molecule has 19 heavy (non-hydrogen) atoms. The zero-order chi connectivity index (χ0) is 14.5. The summed E-state index contributed by atoms with van der Waals surface area (Å²) in [6, 6.07) is 6.76. The molecule has 6 heteroatoms. The van der Waals surface area contributed by atoms with Gasteiger partial charge in [-0.3, -0.25) is 4.79 Å². The summed E-state index contributed by atoms with van der Waals surface area (Å²) in [5.41, 5.74) is 1.08. The normalized spacial score (nSPS) is 12.9. The summed E-state index contributed by atoms with van der Waals surface area (Å²) < 4.78 is 41.2. The van der Waals surface area contributed by atoms with Crippen molar-refractivity contribution in [2.24, 2.45) is 0 Å². The number of amides is 1. The highest BCUT2D eigenvalue weighted by Crippen LogP contribution is 2.19. The van der Waals surface area contributed by atoms with Crippen LogP contribution in [0.3, 0.4) is 0 Å². The second-order valence-electron chi connectivity index (χ2n) is 4.38. The van der Waals surface area contributed by atoms with Gasteiger partial charge < -0.3 is 10.1 Å². The molecule has 1 N–H and O–H groups in total. The third kappa shape index (κ3) is 6.69. The summed E-state index contributed by atoms with van der Waals surface area (Å²) in [4.78, 5) is 11.0. The zero-order valence-corrected chi connectivity index (χ0v) is 10.8. The van der Waals surface area contributed by atoms with E-state index < -0.39 is 24.5 Å². The second kappa shape index (κ2) is 6.45. The summed E-state index contributed by atoms with van der Waals surface area (Å²) >= 11 is 0. The molecule has 3 nitrogen and oxygen atoms in total. The molecule has 106 valence electrons. The van der Waals surface area contributed by atoms with Crippen LogP contribution in [0.2, 0.25) is 0 Å². The lowest BCUT2D eigenvalue weighted by Crippen LogP contribution is -2.38. The number of halogens is 3. The van der Waals surface area contributed by atoms with Gasteiger partial charge in [-0.2, -0.15) is 13.2 Å². The van der Waals surface area contributed by atoms with Crippen LogP contribution in [0.5, 0.6) is 5.75 Å². The predicted molar refractivity (Wildman–Crippen MR) is 65.0 cm³/mol. The third-order valence-electron chi connectivity index (χ3n) is 2.29. The summed E-state index contributed by atoms with van der Waals surface area (Å²) in [6.45, 7) is 3.64. The van der Waals surface area contributed by atoms with Crippen LogP contribution in [0.25, 0.3) is 0 Å². The molecule has 1 aromatic rings. The van der Waals surface area contributed by atoms with Gasteiger partial charge in [0.2, 0.25) is 5.91 Å².